The molecule has 128 valence electrons. The fraction of sp³-hybridized carbons (Fsp3) is 0.588. The second-order valence-corrected chi connectivity index (χ2v) is 6.44. The van der Waals surface area contributed by atoms with Crippen LogP contribution in [0.5, 0.6) is 5.75 Å². The fourth-order valence-electron chi connectivity index (χ4n) is 2.69. The van der Waals surface area contributed by atoms with E-state index in [1.165, 1.54) is 0 Å². The zero-order valence-corrected chi connectivity index (χ0v) is 14.5. The molecule has 6 heteroatoms. The summed E-state index contributed by atoms with van der Waals surface area (Å²) in [7, 11) is 1.79. The van der Waals surface area contributed by atoms with E-state index in [1.807, 2.05) is 19.1 Å². The minimum absolute atomic E-state index is 0.0843. The van der Waals surface area contributed by atoms with Crippen LogP contribution in [0.4, 0.5) is 0 Å². The summed E-state index contributed by atoms with van der Waals surface area (Å²) in [6.45, 7) is 4.43. The summed E-state index contributed by atoms with van der Waals surface area (Å²) in [5.41, 5.74) is 0. The molecule has 0 bridgehead atoms. The normalized spacial score (nSPS) is 17.7. The van der Waals surface area contributed by atoms with E-state index >= 15 is 0 Å². The number of likely N-dealkylation sites (N-methyl/N-ethyl adjacent to an activating group) is 1. The van der Waals surface area contributed by atoms with E-state index in [4.69, 9.17) is 16.3 Å². The molecular weight excluding hydrogens is 316 g/mol. The van der Waals surface area contributed by atoms with Crippen LogP contribution in [0.15, 0.2) is 24.3 Å². The number of benzene rings is 1. The first-order valence-corrected chi connectivity index (χ1v) is 8.40. The number of piperidine rings is 1. The number of aliphatic hydroxyl groups excluding tert-OH is 1. The van der Waals surface area contributed by atoms with Crippen molar-refractivity contribution in [3.8, 4) is 5.75 Å². The Morgan fingerprint density at radius 1 is 1.39 bits per heavy atom. The van der Waals surface area contributed by atoms with Crippen LogP contribution in [-0.4, -0.2) is 66.2 Å². The lowest BCUT2D eigenvalue weighted by atomic mass is 10.1. The molecule has 1 fully saturated rings. The van der Waals surface area contributed by atoms with Crippen molar-refractivity contribution in [2.24, 2.45) is 0 Å². The largest absolute Gasteiger partial charge is 0.492 e. The Bertz CT molecular complexity index is 501. The number of nitrogens with zero attached hydrogens (tertiary/aromatic N) is 2. The average Bonchev–Trinajstić information content (AvgIpc) is 2.56. The van der Waals surface area contributed by atoms with Crippen molar-refractivity contribution in [1.29, 1.82) is 0 Å². The van der Waals surface area contributed by atoms with E-state index in [1.54, 1.807) is 24.1 Å². The molecule has 0 spiro atoms. The molecule has 23 heavy (non-hydrogen) atoms. The van der Waals surface area contributed by atoms with E-state index in [0.717, 1.165) is 31.7 Å². The van der Waals surface area contributed by atoms with Gasteiger partial charge >= 0.3 is 0 Å². The maximum atomic E-state index is 12.5. The quantitative estimate of drug-likeness (QED) is 0.861. The Kier molecular flexibility index (Phi) is 6.69. The molecule has 1 aromatic carbocycles. The summed E-state index contributed by atoms with van der Waals surface area (Å²) in [5.74, 6) is 0.828. The van der Waals surface area contributed by atoms with Gasteiger partial charge in [-0.2, -0.15) is 0 Å². The molecule has 1 saturated heterocycles. The first-order valence-electron chi connectivity index (χ1n) is 8.03. The highest BCUT2D eigenvalue weighted by molar-refractivity contribution is 6.30. The van der Waals surface area contributed by atoms with Crippen molar-refractivity contribution in [1.82, 2.24) is 9.80 Å². The summed E-state index contributed by atoms with van der Waals surface area (Å²) < 4.78 is 5.62. The highest BCUT2D eigenvalue weighted by atomic mass is 35.5. The third kappa shape index (κ3) is 5.37. The van der Waals surface area contributed by atoms with Gasteiger partial charge in [0.25, 0.3) is 0 Å². The van der Waals surface area contributed by atoms with E-state index < -0.39 is 0 Å². The summed E-state index contributed by atoms with van der Waals surface area (Å²) in [6, 6.07) is 7.01. The maximum Gasteiger partial charge on any atom is 0.239 e. The number of amides is 1. The Balaban J connectivity index is 1.74. The van der Waals surface area contributed by atoms with E-state index in [9.17, 15) is 9.90 Å². The first kappa shape index (κ1) is 18.0. The number of rotatable bonds is 6. The minimum atomic E-state index is -0.223. The smallest absolute Gasteiger partial charge is 0.239 e. The molecular formula is C17H25ClN2O3. The average molecular weight is 341 g/mol. The highest BCUT2D eigenvalue weighted by Gasteiger charge is 2.27. The minimum Gasteiger partial charge on any atom is -0.492 e. The number of ether oxygens (including phenoxy) is 1. The van der Waals surface area contributed by atoms with Crippen LogP contribution in [0.3, 0.4) is 0 Å². The highest BCUT2D eigenvalue weighted by Crippen LogP contribution is 2.16. The molecule has 0 aromatic heterocycles. The number of halogens is 1. The van der Waals surface area contributed by atoms with Crippen LogP contribution in [0.2, 0.25) is 5.02 Å². The van der Waals surface area contributed by atoms with Gasteiger partial charge in [-0.25, -0.2) is 0 Å². The number of likely N-dealkylation sites (tertiary alicyclic amines) is 1. The standard InChI is InChI=1S/C17H25ClN2O3/c1-13(20-9-7-15(21)8-10-20)17(22)19(2)11-12-23-16-5-3-14(18)4-6-16/h3-6,13,15,21H,7-12H2,1-2H3. The second kappa shape index (κ2) is 8.52. The topological polar surface area (TPSA) is 53.0 Å². The van der Waals surface area contributed by atoms with Crippen molar-refractivity contribution < 1.29 is 14.6 Å². The van der Waals surface area contributed by atoms with Crippen molar-refractivity contribution in [2.45, 2.75) is 31.9 Å². The van der Waals surface area contributed by atoms with Gasteiger partial charge in [-0.3, -0.25) is 9.69 Å². The summed E-state index contributed by atoms with van der Waals surface area (Å²) in [4.78, 5) is 16.3. The molecule has 1 atom stereocenters. The van der Waals surface area contributed by atoms with Crippen LogP contribution in [0.25, 0.3) is 0 Å². The van der Waals surface area contributed by atoms with Crippen molar-refractivity contribution >= 4 is 17.5 Å². The zero-order valence-electron chi connectivity index (χ0n) is 13.7. The molecule has 0 saturated carbocycles. The van der Waals surface area contributed by atoms with Crippen molar-refractivity contribution in [3.63, 3.8) is 0 Å². The number of hydrogen-bond acceptors (Lipinski definition) is 4. The Labute approximate surface area is 142 Å². The lowest BCUT2D eigenvalue weighted by Crippen LogP contribution is -2.50. The van der Waals surface area contributed by atoms with E-state index in [2.05, 4.69) is 4.90 Å². The van der Waals surface area contributed by atoms with Crippen molar-refractivity contribution in [3.05, 3.63) is 29.3 Å². The predicted octanol–water partition coefficient (Wildman–Crippen LogP) is 2.02. The van der Waals surface area contributed by atoms with Gasteiger partial charge in [0.1, 0.15) is 12.4 Å². The molecule has 1 aliphatic heterocycles. The monoisotopic (exact) mass is 340 g/mol. The first-order chi connectivity index (χ1) is 11.0. The summed E-state index contributed by atoms with van der Waals surface area (Å²) in [6.07, 6.45) is 1.25. The maximum absolute atomic E-state index is 12.5. The lowest BCUT2D eigenvalue weighted by Gasteiger charge is -2.35. The van der Waals surface area contributed by atoms with Crippen LogP contribution in [0, 0.1) is 0 Å². The molecule has 1 aliphatic rings. The van der Waals surface area contributed by atoms with Gasteiger partial charge in [0, 0.05) is 25.2 Å². The van der Waals surface area contributed by atoms with Gasteiger partial charge in [0.2, 0.25) is 5.91 Å². The SMILES string of the molecule is CC(C(=O)N(C)CCOc1ccc(Cl)cc1)N1CCC(O)CC1. The molecule has 1 heterocycles. The molecule has 1 unspecified atom stereocenters. The fourth-order valence-corrected chi connectivity index (χ4v) is 2.82. The molecule has 1 amide bonds. The Morgan fingerprint density at radius 3 is 2.61 bits per heavy atom. The third-order valence-electron chi connectivity index (χ3n) is 4.29. The molecule has 2 rings (SSSR count). The van der Waals surface area contributed by atoms with Gasteiger partial charge in [0.05, 0.1) is 18.7 Å². The van der Waals surface area contributed by atoms with Gasteiger partial charge < -0.3 is 14.7 Å². The number of carbonyl (C=O) groups is 1. The molecule has 0 radical (unpaired) electrons. The van der Waals surface area contributed by atoms with Crippen molar-refractivity contribution in [2.75, 3.05) is 33.3 Å². The van der Waals surface area contributed by atoms with Crippen LogP contribution in [-0.2, 0) is 4.79 Å². The molecule has 1 N–H and O–H groups in total. The molecule has 5 nitrogen and oxygen atoms in total. The Hall–Kier alpha value is -1.30. The Morgan fingerprint density at radius 2 is 2.00 bits per heavy atom. The molecule has 0 aliphatic carbocycles. The van der Waals surface area contributed by atoms with Gasteiger partial charge in [-0.1, -0.05) is 11.6 Å². The summed E-state index contributed by atoms with van der Waals surface area (Å²) >= 11 is 5.83. The second-order valence-electron chi connectivity index (χ2n) is 6.01. The van der Waals surface area contributed by atoms with Gasteiger partial charge in [-0.15, -0.1) is 0 Å². The molecule has 1 aromatic rings. The van der Waals surface area contributed by atoms with Crippen LogP contribution < -0.4 is 4.74 Å². The lowest BCUT2D eigenvalue weighted by molar-refractivity contribution is -0.136. The predicted molar refractivity (Wildman–Crippen MR) is 90.9 cm³/mol. The van der Waals surface area contributed by atoms with Gasteiger partial charge in [-0.05, 0) is 44.0 Å². The van der Waals surface area contributed by atoms with E-state index in [-0.39, 0.29) is 18.1 Å². The third-order valence-corrected chi connectivity index (χ3v) is 4.54. The van der Waals surface area contributed by atoms with E-state index in [0.29, 0.717) is 18.2 Å². The van der Waals surface area contributed by atoms with Crippen LogP contribution in [0.1, 0.15) is 19.8 Å². The number of aliphatic hydroxyl groups is 1. The van der Waals surface area contributed by atoms with Gasteiger partial charge in [0.15, 0.2) is 0 Å². The number of hydrogen-bond donors (Lipinski definition) is 1. The summed E-state index contributed by atoms with van der Waals surface area (Å²) in [5, 5.41) is 10.2. The number of carbonyl (C=O) groups excluding carboxylic acids is 1. The van der Waals surface area contributed by atoms with Crippen LogP contribution >= 0.6 is 11.6 Å². The zero-order chi connectivity index (χ0) is 16.8.